The van der Waals surface area contributed by atoms with E-state index in [4.69, 9.17) is 22.2 Å². The fraction of sp³-hybridized carbons (Fsp3) is 0.364. The first-order valence-electron chi connectivity index (χ1n) is 4.92. The number of rotatable bonds is 5. The smallest absolute Gasteiger partial charge is 0.295 e. The van der Waals surface area contributed by atoms with Crippen LogP contribution in [0.15, 0.2) is 24.3 Å². The van der Waals surface area contributed by atoms with Gasteiger partial charge in [0, 0.05) is 16.5 Å². The monoisotopic (exact) mass is 242 g/mol. The normalized spacial score (nSPS) is 14.6. The molecule has 0 amide bonds. The molecule has 0 aliphatic heterocycles. The van der Waals surface area contributed by atoms with E-state index in [2.05, 4.69) is 5.43 Å². The van der Waals surface area contributed by atoms with Crippen LogP contribution in [0.25, 0.3) is 0 Å². The molecule has 4 nitrogen and oxygen atoms in total. The van der Waals surface area contributed by atoms with E-state index in [-0.39, 0.29) is 5.92 Å². The van der Waals surface area contributed by atoms with Crippen LogP contribution in [-0.2, 0) is 15.3 Å². The van der Waals surface area contributed by atoms with Crippen LogP contribution in [0.1, 0.15) is 19.4 Å². The van der Waals surface area contributed by atoms with Gasteiger partial charge in [0.15, 0.2) is 0 Å². The standard InChI is InChI=1S/C11H15ClN2O2/c1-8(2)11(14-13,16-7-15)9-3-5-10(12)6-4-9/h3-8,14H,13H2,1-2H3. The summed E-state index contributed by atoms with van der Waals surface area (Å²) in [4.78, 5) is 10.6. The van der Waals surface area contributed by atoms with E-state index >= 15 is 0 Å². The third kappa shape index (κ3) is 2.35. The van der Waals surface area contributed by atoms with E-state index in [1.54, 1.807) is 24.3 Å². The lowest BCUT2D eigenvalue weighted by molar-refractivity contribution is -0.156. The third-order valence-electron chi connectivity index (χ3n) is 2.53. The van der Waals surface area contributed by atoms with Crippen molar-refractivity contribution >= 4 is 18.1 Å². The number of carbonyl (C=O) groups excluding carboxylic acids is 1. The minimum absolute atomic E-state index is 0.0242. The fourth-order valence-corrected chi connectivity index (χ4v) is 1.72. The SMILES string of the molecule is CC(C)C(NN)(OC=O)c1ccc(Cl)cc1. The number of ether oxygens (including phenoxy) is 1. The number of benzene rings is 1. The van der Waals surface area contributed by atoms with Crippen LogP contribution in [-0.4, -0.2) is 6.47 Å². The van der Waals surface area contributed by atoms with Gasteiger partial charge in [-0.05, 0) is 12.1 Å². The molecule has 0 aliphatic rings. The Morgan fingerprint density at radius 1 is 1.44 bits per heavy atom. The van der Waals surface area contributed by atoms with E-state index < -0.39 is 5.72 Å². The summed E-state index contributed by atoms with van der Waals surface area (Å²) in [5.74, 6) is 5.47. The van der Waals surface area contributed by atoms with Crippen LogP contribution < -0.4 is 11.3 Å². The van der Waals surface area contributed by atoms with Crippen LogP contribution in [0.5, 0.6) is 0 Å². The molecule has 0 saturated heterocycles. The summed E-state index contributed by atoms with van der Waals surface area (Å²) in [5.41, 5.74) is 2.29. The van der Waals surface area contributed by atoms with Crippen molar-refractivity contribution in [2.75, 3.05) is 0 Å². The Balaban J connectivity index is 3.18. The largest absolute Gasteiger partial charge is 0.440 e. The second kappa shape index (κ2) is 5.30. The summed E-state index contributed by atoms with van der Waals surface area (Å²) in [7, 11) is 0. The maximum atomic E-state index is 10.6. The van der Waals surface area contributed by atoms with Crippen molar-refractivity contribution < 1.29 is 9.53 Å². The van der Waals surface area contributed by atoms with Crippen molar-refractivity contribution in [1.29, 1.82) is 0 Å². The first-order chi connectivity index (χ1) is 7.56. The lowest BCUT2D eigenvalue weighted by Crippen LogP contribution is -2.52. The Labute approximate surface area is 99.7 Å². The number of carbonyl (C=O) groups is 1. The van der Waals surface area contributed by atoms with Gasteiger partial charge in [-0.2, -0.15) is 0 Å². The minimum atomic E-state index is -1.02. The quantitative estimate of drug-likeness (QED) is 0.358. The van der Waals surface area contributed by atoms with Crippen LogP contribution in [0, 0.1) is 5.92 Å². The van der Waals surface area contributed by atoms with Crippen molar-refractivity contribution in [3.05, 3.63) is 34.9 Å². The highest BCUT2D eigenvalue weighted by Crippen LogP contribution is 2.30. The molecule has 0 aliphatic carbocycles. The van der Waals surface area contributed by atoms with Gasteiger partial charge in [0.05, 0.1) is 0 Å². The predicted octanol–water partition coefficient (Wildman–Crippen LogP) is 1.79. The Hall–Kier alpha value is -1.10. The fourth-order valence-electron chi connectivity index (χ4n) is 1.59. The summed E-state index contributed by atoms with van der Waals surface area (Å²) in [5, 5.41) is 0.615. The molecule has 3 N–H and O–H groups in total. The molecule has 88 valence electrons. The van der Waals surface area contributed by atoms with Gasteiger partial charge in [-0.25, -0.2) is 5.43 Å². The highest BCUT2D eigenvalue weighted by Gasteiger charge is 2.36. The number of halogens is 1. The van der Waals surface area contributed by atoms with Crippen LogP contribution in [0.2, 0.25) is 5.02 Å². The molecule has 16 heavy (non-hydrogen) atoms. The van der Waals surface area contributed by atoms with Gasteiger partial charge in [0.2, 0.25) is 5.72 Å². The topological polar surface area (TPSA) is 64.3 Å². The number of hydrogen-bond donors (Lipinski definition) is 2. The van der Waals surface area contributed by atoms with E-state index in [0.29, 0.717) is 11.5 Å². The summed E-state index contributed by atoms with van der Waals surface area (Å²) in [6.07, 6.45) is 0. The van der Waals surface area contributed by atoms with Gasteiger partial charge in [0.1, 0.15) is 0 Å². The predicted molar refractivity (Wildman–Crippen MR) is 62.4 cm³/mol. The van der Waals surface area contributed by atoms with Gasteiger partial charge in [-0.15, -0.1) is 0 Å². The molecular weight excluding hydrogens is 228 g/mol. The molecule has 1 unspecified atom stereocenters. The number of nitrogens with two attached hydrogens (primary N) is 1. The van der Waals surface area contributed by atoms with E-state index in [1.807, 2.05) is 13.8 Å². The van der Waals surface area contributed by atoms with Gasteiger partial charge in [0.25, 0.3) is 6.47 Å². The maximum absolute atomic E-state index is 10.6. The van der Waals surface area contributed by atoms with E-state index in [0.717, 1.165) is 5.56 Å². The van der Waals surface area contributed by atoms with Crippen LogP contribution in [0.4, 0.5) is 0 Å². The first kappa shape index (κ1) is 13.0. The molecule has 1 rings (SSSR count). The zero-order valence-corrected chi connectivity index (χ0v) is 9.99. The summed E-state index contributed by atoms with van der Waals surface area (Å²) in [6.45, 7) is 4.18. The van der Waals surface area contributed by atoms with E-state index in [1.165, 1.54) is 0 Å². The van der Waals surface area contributed by atoms with Crippen molar-refractivity contribution in [3.63, 3.8) is 0 Å². The molecule has 5 heteroatoms. The zero-order valence-electron chi connectivity index (χ0n) is 9.24. The number of nitrogens with one attached hydrogen (secondary N) is 1. The lowest BCUT2D eigenvalue weighted by Gasteiger charge is -2.35. The van der Waals surface area contributed by atoms with Gasteiger partial charge < -0.3 is 4.74 Å². The zero-order chi connectivity index (χ0) is 12.2. The molecular formula is C11H15ClN2O2. The molecule has 0 heterocycles. The second-order valence-corrected chi connectivity index (χ2v) is 4.19. The number of hydrazine groups is 1. The Morgan fingerprint density at radius 2 is 2.00 bits per heavy atom. The van der Waals surface area contributed by atoms with Crippen molar-refractivity contribution in [2.45, 2.75) is 19.6 Å². The van der Waals surface area contributed by atoms with Crippen LogP contribution in [0.3, 0.4) is 0 Å². The van der Waals surface area contributed by atoms with Gasteiger partial charge >= 0.3 is 0 Å². The van der Waals surface area contributed by atoms with E-state index in [9.17, 15) is 4.79 Å². The second-order valence-electron chi connectivity index (χ2n) is 3.76. The molecule has 0 spiro atoms. The lowest BCUT2D eigenvalue weighted by atomic mass is 9.92. The minimum Gasteiger partial charge on any atom is -0.440 e. The highest BCUT2D eigenvalue weighted by atomic mass is 35.5. The van der Waals surface area contributed by atoms with Crippen LogP contribution >= 0.6 is 11.6 Å². The molecule has 0 bridgehead atoms. The Kier molecular flexibility index (Phi) is 4.29. The van der Waals surface area contributed by atoms with Crippen molar-refractivity contribution in [1.82, 2.24) is 5.43 Å². The average molecular weight is 243 g/mol. The van der Waals surface area contributed by atoms with Gasteiger partial charge in [-0.3, -0.25) is 10.6 Å². The number of hydrogen-bond acceptors (Lipinski definition) is 4. The molecule has 0 radical (unpaired) electrons. The molecule has 1 aromatic rings. The summed E-state index contributed by atoms with van der Waals surface area (Å²) < 4.78 is 5.11. The summed E-state index contributed by atoms with van der Waals surface area (Å²) in [6, 6.07) is 6.98. The Bertz CT molecular complexity index is 354. The highest BCUT2D eigenvalue weighted by molar-refractivity contribution is 6.30. The van der Waals surface area contributed by atoms with Crippen molar-refractivity contribution in [2.24, 2.45) is 11.8 Å². The molecule has 0 saturated carbocycles. The van der Waals surface area contributed by atoms with Crippen molar-refractivity contribution in [3.8, 4) is 0 Å². The Morgan fingerprint density at radius 3 is 2.38 bits per heavy atom. The van der Waals surface area contributed by atoms with Gasteiger partial charge in [-0.1, -0.05) is 37.6 Å². The molecule has 1 atom stereocenters. The molecule has 0 aromatic heterocycles. The third-order valence-corrected chi connectivity index (χ3v) is 2.79. The molecule has 1 aromatic carbocycles. The first-order valence-corrected chi connectivity index (χ1v) is 5.30. The maximum Gasteiger partial charge on any atom is 0.295 e. The summed E-state index contributed by atoms with van der Waals surface area (Å²) >= 11 is 5.80. The molecule has 0 fully saturated rings. The average Bonchev–Trinajstić information content (AvgIpc) is 2.27.